The lowest BCUT2D eigenvalue weighted by Crippen LogP contribution is -2.40. The number of hydrogen-bond acceptors (Lipinski definition) is 4. The zero-order valence-electron chi connectivity index (χ0n) is 11.8. The van der Waals surface area contributed by atoms with Crippen LogP contribution in [0.2, 0.25) is 0 Å². The van der Waals surface area contributed by atoms with E-state index in [1.807, 2.05) is 13.8 Å². The lowest BCUT2D eigenvalue weighted by atomic mass is 10.2. The molecule has 7 heteroatoms. The Morgan fingerprint density at radius 3 is 2.35 bits per heavy atom. The molecule has 0 aliphatic heterocycles. The van der Waals surface area contributed by atoms with Crippen LogP contribution in [0.4, 0.5) is 0 Å². The van der Waals surface area contributed by atoms with Crippen LogP contribution in [-0.4, -0.2) is 26.5 Å². The van der Waals surface area contributed by atoms with E-state index < -0.39 is 15.2 Å². The number of ether oxygens (including phenoxy) is 1. The highest BCUT2D eigenvalue weighted by Gasteiger charge is 2.17. The number of hydrogen-bond donors (Lipinski definition) is 1. The van der Waals surface area contributed by atoms with Gasteiger partial charge in [0.15, 0.2) is 6.10 Å². The molecule has 1 atom stereocenters. The summed E-state index contributed by atoms with van der Waals surface area (Å²) >= 11 is 0. The number of amides is 1. The molecule has 1 aromatic carbocycles. The Morgan fingerprint density at radius 2 is 1.90 bits per heavy atom. The third-order valence-corrected chi connectivity index (χ3v) is 4.00. The Morgan fingerprint density at radius 1 is 1.30 bits per heavy atom. The molecule has 1 N–H and O–H groups in total. The number of halogens is 1. The van der Waals surface area contributed by atoms with Crippen LogP contribution in [0, 0.1) is 6.92 Å². The fraction of sp³-hybridized carbons (Fsp3) is 0.462. The summed E-state index contributed by atoms with van der Waals surface area (Å²) in [6.45, 7) is 6.95. The minimum atomic E-state index is -3.77. The number of rotatable bonds is 5. The van der Waals surface area contributed by atoms with Crippen LogP contribution in [0.15, 0.2) is 23.1 Å². The van der Waals surface area contributed by atoms with E-state index in [-0.39, 0.29) is 16.8 Å². The molecule has 1 unspecified atom stereocenters. The first-order chi connectivity index (χ1) is 9.11. The molecule has 5 nitrogen and oxygen atoms in total. The van der Waals surface area contributed by atoms with Crippen LogP contribution in [0.1, 0.15) is 26.3 Å². The first-order valence-electron chi connectivity index (χ1n) is 6.13. The topological polar surface area (TPSA) is 72.5 Å². The molecule has 0 saturated carbocycles. The SMILES string of the molecule is Cc1cc(OC(C)C(=O)NC(C)C)ccc1S(=O)(=O)Cl. The van der Waals surface area contributed by atoms with Crippen molar-refractivity contribution in [2.24, 2.45) is 0 Å². The summed E-state index contributed by atoms with van der Waals surface area (Å²) in [7, 11) is 1.52. The van der Waals surface area contributed by atoms with Gasteiger partial charge >= 0.3 is 0 Å². The van der Waals surface area contributed by atoms with Crippen LogP contribution < -0.4 is 10.1 Å². The van der Waals surface area contributed by atoms with Crippen LogP contribution in [0.5, 0.6) is 5.75 Å². The Bertz CT molecular complexity index is 598. The van der Waals surface area contributed by atoms with Gasteiger partial charge in [-0.1, -0.05) is 0 Å². The number of benzene rings is 1. The molecule has 0 saturated heterocycles. The number of carbonyl (C=O) groups excluding carboxylic acids is 1. The van der Waals surface area contributed by atoms with Crippen molar-refractivity contribution in [3.63, 3.8) is 0 Å². The molecule has 0 heterocycles. The van der Waals surface area contributed by atoms with Gasteiger partial charge in [-0.3, -0.25) is 4.79 Å². The van der Waals surface area contributed by atoms with Gasteiger partial charge in [0, 0.05) is 16.7 Å². The molecule has 0 fully saturated rings. The molecule has 0 radical (unpaired) electrons. The van der Waals surface area contributed by atoms with Crippen molar-refractivity contribution >= 4 is 25.6 Å². The van der Waals surface area contributed by atoms with Crippen molar-refractivity contribution in [1.82, 2.24) is 5.32 Å². The number of nitrogens with one attached hydrogen (secondary N) is 1. The van der Waals surface area contributed by atoms with E-state index in [1.165, 1.54) is 18.2 Å². The monoisotopic (exact) mass is 319 g/mol. The zero-order chi connectivity index (χ0) is 15.5. The second kappa shape index (κ2) is 6.45. The highest BCUT2D eigenvalue weighted by atomic mass is 35.7. The van der Waals surface area contributed by atoms with E-state index in [0.717, 1.165) is 0 Å². The van der Waals surface area contributed by atoms with Crippen molar-refractivity contribution in [2.75, 3.05) is 0 Å². The van der Waals surface area contributed by atoms with Crippen LogP contribution in [0.3, 0.4) is 0 Å². The quantitative estimate of drug-likeness (QED) is 0.845. The van der Waals surface area contributed by atoms with Gasteiger partial charge < -0.3 is 10.1 Å². The maximum Gasteiger partial charge on any atom is 0.261 e. The average Bonchev–Trinajstić information content (AvgIpc) is 2.26. The third-order valence-electron chi connectivity index (χ3n) is 2.52. The minimum Gasteiger partial charge on any atom is -0.481 e. The zero-order valence-corrected chi connectivity index (χ0v) is 13.4. The molecular formula is C13H18ClNO4S. The molecule has 0 aliphatic rings. The summed E-state index contributed by atoms with van der Waals surface area (Å²) in [5.41, 5.74) is 0.467. The van der Waals surface area contributed by atoms with Crippen LogP contribution in [0.25, 0.3) is 0 Å². The standard InChI is InChI=1S/C13H18ClNO4S/c1-8(2)15-13(16)10(4)19-11-5-6-12(9(3)7-11)20(14,17)18/h5-8,10H,1-4H3,(H,15,16). The average molecular weight is 320 g/mol. The van der Waals surface area contributed by atoms with Crippen molar-refractivity contribution in [2.45, 2.75) is 44.7 Å². The molecule has 0 spiro atoms. The smallest absolute Gasteiger partial charge is 0.261 e. The van der Waals surface area contributed by atoms with E-state index in [0.29, 0.717) is 11.3 Å². The normalized spacial score (nSPS) is 13.1. The molecule has 0 aromatic heterocycles. The van der Waals surface area contributed by atoms with Gasteiger partial charge in [0.05, 0.1) is 4.90 Å². The predicted molar refractivity (Wildman–Crippen MR) is 77.6 cm³/mol. The fourth-order valence-corrected chi connectivity index (χ4v) is 2.82. The molecule has 0 aliphatic carbocycles. The molecular weight excluding hydrogens is 302 g/mol. The first kappa shape index (κ1) is 16.8. The van der Waals surface area contributed by atoms with E-state index in [2.05, 4.69) is 5.32 Å². The van der Waals surface area contributed by atoms with Crippen LogP contribution >= 0.6 is 10.7 Å². The summed E-state index contributed by atoms with van der Waals surface area (Å²) in [5, 5.41) is 2.73. The first-order valence-corrected chi connectivity index (χ1v) is 8.44. The number of carbonyl (C=O) groups is 1. The maximum atomic E-state index is 11.7. The van der Waals surface area contributed by atoms with Gasteiger partial charge in [0.2, 0.25) is 0 Å². The Labute approximate surface area is 123 Å². The second-order valence-corrected chi connectivity index (χ2v) is 7.32. The minimum absolute atomic E-state index is 0.0269. The Kier molecular flexibility index (Phi) is 5.42. The summed E-state index contributed by atoms with van der Waals surface area (Å²) in [6.07, 6.45) is -0.671. The van der Waals surface area contributed by atoms with Crippen molar-refractivity contribution < 1.29 is 17.9 Å². The molecule has 0 bridgehead atoms. The van der Waals surface area contributed by atoms with Gasteiger partial charge in [0.25, 0.3) is 15.0 Å². The highest BCUT2D eigenvalue weighted by Crippen LogP contribution is 2.24. The number of aryl methyl sites for hydroxylation is 1. The van der Waals surface area contributed by atoms with E-state index in [9.17, 15) is 13.2 Å². The van der Waals surface area contributed by atoms with Crippen molar-refractivity contribution in [1.29, 1.82) is 0 Å². The second-order valence-electron chi connectivity index (χ2n) is 4.79. The molecule has 1 aromatic rings. The van der Waals surface area contributed by atoms with Gasteiger partial charge in [0.1, 0.15) is 5.75 Å². The van der Waals surface area contributed by atoms with E-state index >= 15 is 0 Å². The summed E-state index contributed by atoms with van der Waals surface area (Å²) < 4.78 is 28.0. The summed E-state index contributed by atoms with van der Waals surface area (Å²) in [6, 6.07) is 4.40. The Hall–Kier alpha value is -1.27. The van der Waals surface area contributed by atoms with E-state index in [1.54, 1.807) is 13.8 Å². The van der Waals surface area contributed by atoms with Gasteiger partial charge in [-0.25, -0.2) is 8.42 Å². The lowest BCUT2D eigenvalue weighted by Gasteiger charge is -2.17. The maximum absolute atomic E-state index is 11.7. The lowest BCUT2D eigenvalue weighted by molar-refractivity contribution is -0.127. The third kappa shape index (κ3) is 4.68. The summed E-state index contributed by atoms with van der Waals surface area (Å²) in [4.78, 5) is 11.7. The highest BCUT2D eigenvalue weighted by molar-refractivity contribution is 8.13. The van der Waals surface area contributed by atoms with Gasteiger partial charge in [-0.2, -0.15) is 0 Å². The predicted octanol–water partition coefficient (Wildman–Crippen LogP) is 2.21. The van der Waals surface area contributed by atoms with Crippen molar-refractivity contribution in [3.05, 3.63) is 23.8 Å². The largest absolute Gasteiger partial charge is 0.481 e. The van der Waals surface area contributed by atoms with E-state index in [4.69, 9.17) is 15.4 Å². The molecule has 112 valence electrons. The molecule has 1 rings (SSSR count). The van der Waals surface area contributed by atoms with Gasteiger partial charge in [-0.05, 0) is 51.5 Å². The fourth-order valence-electron chi connectivity index (χ4n) is 1.63. The van der Waals surface area contributed by atoms with Crippen molar-refractivity contribution in [3.8, 4) is 5.75 Å². The molecule has 20 heavy (non-hydrogen) atoms. The van der Waals surface area contributed by atoms with Crippen LogP contribution in [-0.2, 0) is 13.8 Å². The Balaban J connectivity index is 2.85. The van der Waals surface area contributed by atoms with Gasteiger partial charge in [-0.15, -0.1) is 0 Å². The molecule has 1 amide bonds. The summed E-state index contributed by atoms with van der Waals surface area (Å²) in [5.74, 6) is 0.185.